The lowest BCUT2D eigenvalue weighted by atomic mass is 10.0. The van der Waals surface area contributed by atoms with E-state index < -0.39 is 18.2 Å². The average molecular weight is 469 g/mol. The highest BCUT2D eigenvalue weighted by molar-refractivity contribution is 6.03. The molecule has 0 radical (unpaired) electrons. The zero-order valence-electron chi connectivity index (χ0n) is 19.7. The Morgan fingerprint density at radius 2 is 1.54 bits per heavy atom. The van der Waals surface area contributed by atoms with Crippen LogP contribution in [0.25, 0.3) is 10.8 Å². The Morgan fingerprint density at radius 3 is 2.34 bits per heavy atom. The molecular formula is C27H28N6O2. The number of likely N-dealkylation sites (N-methyl/N-ethyl adjacent to an activating group) is 1. The van der Waals surface area contributed by atoms with Crippen molar-refractivity contribution < 1.29 is 9.59 Å². The molecular weight excluding hydrogens is 440 g/mol. The van der Waals surface area contributed by atoms with Crippen LogP contribution in [0.15, 0.2) is 77.8 Å². The zero-order valence-corrected chi connectivity index (χ0v) is 19.7. The minimum atomic E-state index is -0.557. The SMILES string of the molecule is CN1C(=O)NC(=O)C2C1N=C(N1CCN(c3ccccc3)CC1)N2Cc1cccc2ccccc12. The number of imide groups is 1. The molecule has 3 amide bonds. The number of carbonyl (C=O) groups excluding carboxylic acids is 2. The molecule has 0 aromatic heterocycles. The standard InChI is InChI=1S/C27H28N6O2/c1-30-24-23(25(34)29-27(30)35)33(18-20-10-7-9-19-8-5-6-13-22(19)20)26(28-24)32-16-14-31(15-17-32)21-11-3-2-4-12-21/h2-13,23-24H,14-18H2,1H3,(H,29,34,35). The number of anilines is 1. The number of piperazine rings is 1. The summed E-state index contributed by atoms with van der Waals surface area (Å²) in [6.07, 6.45) is -0.534. The molecule has 1 N–H and O–H groups in total. The number of hydrogen-bond donors (Lipinski definition) is 1. The summed E-state index contributed by atoms with van der Waals surface area (Å²) in [5.74, 6) is 0.498. The Balaban J connectivity index is 1.31. The van der Waals surface area contributed by atoms with Gasteiger partial charge in [0.05, 0.1) is 0 Å². The number of benzene rings is 3. The monoisotopic (exact) mass is 468 g/mol. The van der Waals surface area contributed by atoms with Gasteiger partial charge in [-0.2, -0.15) is 0 Å². The Kier molecular flexibility index (Phi) is 5.28. The molecule has 0 spiro atoms. The third kappa shape index (κ3) is 3.75. The molecule has 8 heteroatoms. The molecule has 35 heavy (non-hydrogen) atoms. The number of carbonyl (C=O) groups is 2. The van der Waals surface area contributed by atoms with Gasteiger partial charge in [-0.3, -0.25) is 10.1 Å². The fraction of sp³-hybridized carbons (Fsp3) is 0.296. The van der Waals surface area contributed by atoms with Gasteiger partial charge in [0.2, 0.25) is 0 Å². The van der Waals surface area contributed by atoms with Crippen LogP contribution in [0.1, 0.15) is 5.56 Å². The first-order valence-corrected chi connectivity index (χ1v) is 12.0. The van der Waals surface area contributed by atoms with Crippen molar-refractivity contribution in [2.24, 2.45) is 4.99 Å². The van der Waals surface area contributed by atoms with E-state index in [2.05, 4.69) is 74.6 Å². The molecule has 2 atom stereocenters. The van der Waals surface area contributed by atoms with E-state index in [1.54, 1.807) is 7.05 Å². The molecule has 2 saturated heterocycles. The summed E-state index contributed by atoms with van der Waals surface area (Å²) >= 11 is 0. The number of guanidine groups is 1. The van der Waals surface area contributed by atoms with Gasteiger partial charge in [-0.15, -0.1) is 0 Å². The summed E-state index contributed by atoms with van der Waals surface area (Å²) in [5.41, 5.74) is 2.35. The van der Waals surface area contributed by atoms with Gasteiger partial charge in [0.25, 0.3) is 5.91 Å². The quantitative estimate of drug-likeness (QED) is 0.640. The van der Waals surface area contributed by atoms with Crippen LogP contribution in [-0.4, -0.2) is 78.0 Å². The number of fused-ring (bicyclic) bond motifs is 2. The second kappa shape index (κ2) is 8.61. The number of aliphatic imine (C=N–C) groups is 1. The number of rotatable bonds is 3. The van der Waals surface area contributed by atoms with Gasteiger partial charge in [-0.25, -0.2) is 9.79 Å². The fourth-order valence-corrected chi connectivity index (χ4v) is 5.36. The zero-order chi connectivity index (χ0) is 23.9. The van der Waals surface area contributed by atoms with Gasteiger partial charge in [0, 0.05) is 45.5 Å². The Hall–Kier alpha value is -4.07. The fourth-order valence-electron chi connectivity index (χ4n) is 5.36. The highest BCUT2D eigenvalue weighted by Gasteiger charge is 2.50. The van der Waals surface area contributed by atoms with Crippen LogP contribution in [0.3, 0.4) is 0 Å². The molecule has 2 unspecified atom stereocenters. The maximum Gasteiger partial charge on any atom is 0.325 e. The lowest BCUT2D eigenvalue weighted by Gasteiger charge is -2.41. The van der Waals surface area contributed by atoms with Crippen molar-refractivity contribution in [3.8, 4) is 0 Å². The summed E-state index contributed by atoms with van der Waals surface area (Å²) < 4.78 is 0. The lowest BCUT2D eigenvalue weighted by molar-refractivity contribution is -0.127. The highest BCUT2D eigenvalue weighted by atomic mass is 16.2. The molecule has 0 bridgehead atoms. The minimum absolute atomic E-state index is 0.292. The van der Waals surface area contributed by atoms with Crippen molar-refractivity contribution in [1.29, 1.82) is 0 Å². The van der Waals surface area contributed by atoms with E-state index >= 15 is 0 Å². The van der Waals surface area contributed by atoms with Crippen LogP contribution in [0.4, 0.5) is 10.5 Å². The van der Waals surface area contributed by atoms with Gasteiger partial charge >= 0.3 is 6.03 Å². The van der Waals surface area contributed by atoms with Crippen molar-refractivity contribution in [3.05, 3.63) is 78.4 Å². The van der Waals surface area contributed by atoms with E-state index in [-0.39, 0.29) is 5.91 Å². The molecule has 0 aliphatic carbocycles. The Morgan fingerprint density at radius 1 is 0.857 bits per heavy atom. The highest BCUT2D eigenvalue weighted by Crippen LogP contribution is 2.30. The predicted molar refractivity (Wildman–Crippen MR) is 136 cm³/mol. The first-order valence-electron chi connectivity index (χ1n) is 12.0. The molecule has 3 aromatic rings. The summed E-state index contributed by atoms with van der Waals surface area (Å²) in [5, 5.41) is 4.83. The second-order valence-corrected chi connectivity index (χ2v) is 9.27. The van der Waals surface area contributed by atoms with Crippen molar-refractivity contribution in [1.82, 2.24) is 20.0 Å². The van der Waals surface area contributed by atoms with Crippen molar-refractivity contribution >= 4 is 34.4 Å². The summed E-state index contributed by atoms with van der Waals surface area (Å²) in [7, 11) is 1.70. The number of nitrogens with zero attached hydrogens (tertiary/aromatic N) is 5. The summed E-state index contributed by atoms with van der Waals surface area (Å²) in [6.45, 7) is 3.84. The molecule has 3 heterocycles. The third-order valence-electron chi connectivity index (χ3n) is 7.24. The molecule has 3 aromatic carbocycles. The molecule has 6 rings (SSSR count). The van der Waals surface area contributed by atoms with Gasteiger partial charge in [-0.1, -0.05) is 60.7 Å². The minimum Gasteiger partial charge on any atom is -0.368 e. The average Bonchev–Trinajstić information content (AvgIpc) is 3.28. The molecule has 8 nitrogen and oxygen atoms in total. The van der Waals surface area contributed by atoms with E-state index in [4.69, 9.17) is 4.99 Å². The predicted octanol–water partition coefficient (Wildman–Crippen LogP) is 2.71. The topological polar surface area (TPSA) is 71.5 Å². The van der Waals surface area contributed by atoms with E-state index in [0.717, 1.165) is 48.5 Å². The molecule has 0 saturated carbocycles. The Bertz CT molecular complexity index is 1300. The summed E-state index contributed by atoms with van der Waals surface area (Å²) in [4.78, 5) is 38.6. The van der Waals surface area contributed by atoms with Crippen LogP contribution in [-0.2, 0) is 11.3 Å². The summed E-state index contributed by atoms with van der Waals surface area (Å²) in [6, 6.07) is 24.0. The van der Waals surface area contributed by atoms with Crippen molar-refractivity contribution in [2.45, 2.75) is 18.8 Å². The van der Waals surface area contributed by atoms with Gasteiger partial charge in [0.1, 0.15) is 0 Å². The van der Waals surface area contributed by atoms with E-state index in [0.29, 0.717) is 6.54 Å². The van der Waals surface area contributed by atoms with Crippen molar-refractivity contribution in [3.63, 3.8) is 0 Å². The first-order chi connectivity index (χ1) is 17.1. The molecule has 3 aliphatic rings. The van der Waals surface area contributed by atoms with E-state index in [9.17, 15) is 9.59 Å². The van der Waals surface area contributed by atoms with E-state index in [1.807, 2.05) is 18.2 Å². The van der Waals surface area contributed by atoms with Gasteiger partial charge < -0.3 is 19.6 Å². The Labute approximate surface area is 204 Å². The first kappa shape index (κ1) is 21.5. The smallest absolute Gasteiger partial charge is 0.325 e. The number of hydrogen-bond acceptors (Lipinski definition) is 6. The van der Waals surface area contributed by atoms with E-state index in [1.165, 1.54) is 10.6 Å². The maximum absolute atomic E-state index is 13.1. The maximum atomic E-state index is 13.1. The van der Waals surface area contributed by atoms with Gasteiger partial charge in [0.15, 0.2) is 18.2 Å². The molecule has 2 fully saturated rings. The van der Waals surface area contributed by atoms with Crippen LogP contribution >= 0.6 is 0 Å². The largest absolute Gasteiger partial charge is 0.368 e. The second-order valence-electron chi connectivity index (χ2n) is 9.27. The number of urea groups is 1. The van der Waals surface area contributed by atoms with Crippen LogP contribution in [0, 0.1) is 0 Å². The van der Waals surface area contributed by atoms with Crippen molar-refractivity contribution in [2.75, 3.05) is 38.1 Å². The number of amides is 3. The number of nitrogens with one attached hydrogen (secondary N) is 1. The molecule has 3 aliphatic heterocycles. The lowest BCUT2D eigenvalue weighted by Crippen LogP contribution is -2.64. The molecule has 178 valence electrons. The van der Waals surface area contributed by atoms with Crippen LogP contribution in [0.2, 0.25) is 0 Å². The van der Waals surface area contributed by atoms with Crippen LogP contribution in [0.5, 0.6) is 0 Å². The normalized spacial score (nSPS) is 22.4. The number of para-hydroxylation sites is 1. The third-order valence-corrected chi connectivity index (χ3v) is 7.24. The van der Waals surface area contributed by atoms with Gasteiger partial charge in [-0.05, 0) is 28.5 Å². The van der Waals surface area contributed by atoms with Crippen LogP contribution < -0.4 is 10.2 Å².